The normalized spacial score (nSPS) is 11.5. The molecular formula is C12H20N2O2S. The Hall–Kier alpha value is -1.07. The highest BCUT2D eigenvalue weighted by molar-refractivity contribution is 7.89. The highest BCUT2D eigenvalue weighted by Gasteiger charge is 2.14. The van der Waals surface area contributed by atoms with E-state index in [4.69, 9.17) is 0 Å². The molecule has 0 bridgehead atoms. The van der Waals surface area contributed by atoms with Crippen molar-refractivity contribution in [2.75, 3.05) is 18.9 Å². The van der Waals surface area contributed by atoms with Crippen LogP contribution >= 0.6 is 0 Å². The Kier molecular flexibility index (Phi) is 4.96. The number of sulfonamides is 1. The van der Waals surface area contributed by atoms with E-state index in [1.165, 1.54) is 7.05 Å². The molecule has 0 aliphatic heterocycles. The molecular weight excluding hydrogens is 236 g/mol. The van der Waals surface area contributed by atoms with Gasteiger partial charge in [-0.15, -0.1) is 0 Å². The zero-order chi connectivity index (χ0) is 12.9. The second-order valence-corrected chi connectivity index (χ2v) is 5.82. The van der Waals surface area contributed by atoms with Crippen LogP contribution in [0.15, 0.2) is 23.1 Å². The molecule has 1 aromatic rings. The molecule has 0 aliphatic rings. The average Bonchev–Trinajstić information content (AvgIpc) is 2.31. The van der Waals surface area contributed by atoms with Crippen LogP contribution in [-0.2, 0) is 10.0 Å². The van der Waals surface area contributed by atoms with E-state index < -0.39 is 10.0 Å². The third-order valence-electron chi connectivity index (χ3n) is 2.61. The molecule has 4 nitrogen and oxygen atoms in total. The Bertz CT molecular complexity index is 469. The summed E-state index contributed by atoms with van der Waals surface area (Å²) < 4.78 is 25.9. The molecule has 1 aromatic carbocycles. The third-order valence-corrected chi connectivity index (χ3v) is 4.16. The fourth-order valence-electron chi connectivity index (χ4n) is 1.52. The third kappa shape index (κ3) is 3.71. The molecule has 5 heteroatoms. The van der Waals surface area contributed by atoms with E-state index in [-0.39, 0.29) is 0 Å². The molecule has 1 rings (SSSR count). The molecule has 0 saturated heterocycles. The molecule has 0 amide bonds. The lowest BCUT2D eigenvalue weighted by atomic mass is 10.2. The molecule has 0 radical (unpaired) electrons. The van der Waals surface area contributed by atoms with Gasteiger partial charge in [0.2, 0.25) is 10.0 Å². The van der Waals surface area contributed by atoms with E-state index in [1.807, 2.05) is 12.1 Å². The maximum Gasteiger partial charge on any atom is 0.240 e. The number of hydrogen-bond acceptors (Lipinski definition) is 3. The standard InChI is InChI=1S/C12H20N2O2S/c1-4-5-8-14-11-7-6-10(2)12(9-11)17(15,16)13-3/h6-7,9,13-14H,4-5,8H2,1-3H3. The average molecular weight is 256 g/mol. The summed E-state index contributed by atoms with van der Waals surface area (Å²) in [5.74, 6) is 0. The van der Waals surface area contributed by atoms with Crippen LogP contribution in [0, 0.1) is 6.92 Å². The van der Waals surface area contributed by atoms with Gasteiger partial charge in [-0.05, 0) is 38.1 Å². The van der Waals surface area contributed by atoms with E-state index in [1.54, 1.807) is 13.0 Å². The first-order valence-electron chi connectivity index (χ1n) is 5.79. The van der Waals surface area contributed by atoms with Gasteiger partial charge in [-0.1, -0.05) is 19.4 Å². The molecule has 0 unspecified atom stereocenters. The summed E-state index contributed by atoms with van der Waals surface area (Å²) in [7, 11) is -1.95. The Morgan fingerprint density at radius 2 is 2.00 bits per heavy atom. The van der Waals surface area contributed by atoms with Crippen molar-refractivity contribution in [3.8, 4) is 0 Å². The van der Waals surface area contributed by atoms with Crippen molar-refractivity contribution in [1.82, 2.24) is 4.72 Å². The van der Waals surface area contributed by atoms with E-state index in [2.05, 4.69) is 17.0 Å². The quantitative estimate of drug-likeness (QED) is 0.766. The van der Waals surface area contributed by atoms with Crippen LogP contribution < -0.4 is 10.0 Å². The predicted molar refractivity (Wildman–Crippen MR) is 70.8 cm³/mol. The maximum absolute atomic E-state index is 11.8. The van der Waals surface area contributed by atoms with E-state index in [9.17, 15) is 8.42 Å². The lowest BCUT2D eigenvalue weighted by Crippen LogP contribution is -2.19. The molecule has 0 heterocycles. The monoisotopic (exact) mass is 256 g/mol. The van der Waals surface area contributed by atoms with E-state index >= 15 is 0 Å². The molecule has 0 fully saturated rings. The Labute approximate surface area is 103 Å². The first-order valence-corrected chi connectivity index (χ1v) is 7.27. The first kappa shape index (κ1) is 14.0. The van der Waals surface area contributed by atoms with Gasteiger partial charge in [0.25, 0.3) is 0 Å². The van der Waals surface area contributed by atoms with Gasteiger partial charge in [0.15, 0.2) is 0 Å². The fourth-order valence-corrected chi connectivity index (χ4v) is 2.51. The fraction of sp³-hybridized carbons (Fsp3) is 0.500. The molecule has 17 heavy (non-hydrogen) atoms. The number of hydrogen-bond donors (Lipinski definition) is 2. The van der Waals surface area contributed by atoms with Crippen LogP contribution in [0.4, 0.5) is 5.69 Å². The highest BCUT2D eigenvalue weighted by atomic mass is 32.2. The van der Waals surface area contributed by atoms with Crippen molar-refractivity contribution in [1.29, 1.82) is 0 Å². The van der Waals surface area contributed by atoms with Crippen molar-refractivity contribution in [2.45, 2.75) is 31.6 Å². The van der Waals surface area contributed by atoms with Gasteiger partial charge in [0.1, 0.15) is 0 Å². The van der Waals surface area contributed by atoms with Crippen molar-refractivity contribution in [3.05, 3.63) is 23.8 Å². The van der Waals surface area contributed by atoms with Crippen LogP contribution in [0.3, 0.4) is 0 Å². The summed E-state index contributed by atoms with van der Waals surface area (Å²) in [6.45, 7) is 4.77. The number of anilines is 1. The van der Waals surface area contributed by atoms with Gasteiger partial charge in [0.05, 0.1) is 4.90 Å². The molecule has 0 aliphatic carbocycles. The largest absolute Gasteiger partial charge is 0.385 e. The summed E-state index contributed by atoms with van der Waals surface area (Å²) in [6.07, 6.45) is 2.18. The summed E-state index contributed by atoms with van der Waals surface area (Å²) in [4.78, 5) is 0.335. The van der Waals surface area contributed by atoms with Crippen molar-refractivity contribution in [3.63, 3.8) is 0 Å². The van der Waals surface area contributed by atoms with Crippen molar-refractivity contribution >= 4 is 15.7 Å². The zero-order valence-corrected chi connectivity index (χ0v) is 11.4. The molecule has 96 valence electrons. The van der Waals surface area contributed by atoms with Gasteiger partial charge < -0.3 is 5.32 Å². The summed E-state index contributed by atoms with van der Waals surface area (Å²) >= 11 is 0. The van der Waals surface area contributed by atoms with Gasteiger partial charge in [-0.2, -0.15) is 0 Å². The molecule has 0 atom stereocenters. The minimum atomic E-state index is -3.37. The molecule has 0 saturated carbocycles. The Balaban J connectivity index is 2.95. The lowest BCUT2D eigenvalue weighted by molar-refractivity contribution is 0.587. The Morgan fingerprint density at radius 3 is 2.59 bits per heavy atom. The number of benzene rings is 1. The molecule has 0 aromatic heterocycles. The topological polar surface area (TPSA) is 58.2 Å². The van der Waals surface area contributed by atoms with Gasteiger partial charge in [-0.3, -0.25) is 0 Å². The minimum Gasteiger partial charge on any atom is -0.385 e. The summed E-state index contributed by atoms with van der Waals surface area (Å²) in [5.41, 5.74) is 1.60. The van der Waals surface area contributed by atoms with Crippen LogP contribution in [-0.4, -0.2) is 22.0 Å². The highest BCUT2D eigenvalue weighted by Crippen LogP contribution is 2.19. The van der Waals surface area contributed by atoms with Crippen LogP contribution in [0.2, 0.25) is 0 Å². The Morgan fingerprint density at radius 1 is 1.29 bits per heavy atom. The summed E-state index contributed by atoms with van der Waals surface area (Å²) in [6, 6.07) is 5.40. The second kappa shape index (κ2) is 6.02. The van der Waals surface area contributed by atoms with Crippen molar-refractivity contribution in [2.24, 2.45) is 0 Å². The molecule has 2 N–H and O–H groups in total. The SMILES string of the molecule is CCCCNc1ccc(C)c(S(=O)(=O)NC)c1. The number of aryl methyl sites for hydroxylation is 1. The predicted octanol–water partition coefficient (Wildman–Crippen LogP) is 2.12. The van der Waals surface area contributed by atoms with Crippen LogP contribution in [0.5, 0.6) is 0 Å². The van der Waals surface area contributed by atoms with E-state index in [0.29, 0.717) is 4.90 Å². The maximum atomic E-state index is 11.8. The van der Waals surface area contributed by atoms with Gasteiger partial charge in [0, 0.05) is 12.2 Å². The van der Waals surface area contributed by atoms with E-state index in [0.717, 1.165) is 30.6 Å². The minimum absolute atomic E-state index is 0.335. The van der Waals surface area contributed by atoms with Gasteiger partial charge >= 0.3 is 0 Å². The smallest absolute Gasteiger partial charge is 0.240 e. The summed E-state index contributed by atoms with van der Waals surface area (Å²) in [5, 5.41) is 3.22. The number of rotatable bonds is 6. The van der Waals surface area contributed by atoms with Crippen LogP contribution in [0.1, 0.15) is 25.3 Å². The number of nitrogens with one attached hydrogen (secondary N) is 2. The number of unbranched alkanes of at least 4 members (excludes halogenated alkanes) is 1. The molecule has 0 spiro atoms. The van der Waals surface area contributed by atoms with Crippen molar-refractivity contribution < 1.29 is 8.42 Å². The van der Waals surface area contributed by atoms with Crippen LogP contribution in [0.25, 0.3) is 0 Å². The lowest BCUT2D eigenvalue weighted by Gasteiger charge is -2.10. The first-order chi connectivity index (χ1) is 8.01. The van der Waals surface area contributed by atoms with Gasteiger partial charge in [-0.25, -0.2) is 13.1 Å². The zero-order valence-electron chi connectivity index (χ0n) is 10.6. The second-order valence-electron chi connectivity index (χ2n) is 3.97.